The van der Waals surface area contributed by atoms with Crippen molar-refractivity contribution in [1.29, 1.82) is 5.41 Å². The van der Waals surface area contributed by atoms with E-state index in [9.17, 15) is 4.39 Å². The zero-order valence-corrected chi connectivity index (χ0v) is 12.6. The molecule has 0 saturated heterocycles. The van der Waals surface area contributed by atoms with E-state index in [1.54, 1.807) is 12.1 Å². The van der Waals surface area contributed by atoms with Gasteiger partial charge in [-0.1, -0.05) is 6.07 Å². The average Bonchev–Trinajstić information content (AvgIpc) is 2.39. The Hall–Kier alpha value is -1.88. The van der Waals surface area contributed by atoms with Gasteiger partial charge in [0.25, 0.3) is 0 Å². The minimum absolute atomic E-state index is 0.0113. The minimum Gasteiger partial charge on any atom is -0.384 e. The number of nitrogens with two attached hydrogens (primary N) is 1. The Bertz CT molecular complexity index is 643. The van der Waals surface area contributed by atoms with Gasteiger partial charge in [0.2, 0.25) is 0 Å². The largest absolute Gasteiger partial charge is 0.384 e. The SMILES string of the molecule is CCN(c1cccc(F)c1)c1ccc(C(=N)N)c(Br)c1. The zero-order chi connectivity index (χ0) is 14.7. The predicted molar refractivity (Wildman–Crippen MR) is 84.2 cm³/mol. The first kappa shape index (κ1) is 14.5. The van der Waals surface area contributed by atoms with E-state index < -0.39 is 0 Å². The van der Waals surface area contributed by atoms with Gasteiger partial charge in [0.1, 0.15) is 11.7 Å². The molecule has 3 nitrogen and oxygen atoms in total. The number of hydrogen-bond donors (Lipinski definition) is 2. The highest BCUT2D eigenvalue weighted by molar-refractivity contribution is 9.10. The summed E-state index contributed by atoms with van der Waals surface area (Å²) in [7, 11) is 0. The summed E-state index contributed by atoms with van der Waals surface area (Å²) >= 11 is 3.41. The second-order valence-corrected chi connectivity index (χ2v) is 5.16. The maximum absolute atomic E-state index is 13.3. The first-order valence-electron chi connectivity index (χ1n) is 6.20. The number of rotatable bonds is 4. The number of benzene rings is 2. The highest BCUT2D eigenvalue weighted by atomic mass is 79.9. The second kappa shape index (κ2) is 6.05. The number of anilines is 2. The normalized spacial score (nSPS) is 10.3. The van der Waals surface area contributed by atoms with Crippen LogP contribution in [0.5, 0.6) is 0 Å². The lowest BCUT2D eigenvalue weighted by molar-refractivity contribution is 0.627. The Morgan fingerprint density at radius 3 is 2.50 bits per heavy atom. The van der Waals surface area contributed by atoms with E-state index in [1.165, 1.54) is 12.1 Å². The van der Waals surface area contributed by atoms with Gasteiger partial charge in [-0.15, -0.1) is 0 Å². The molecule has 5 heteroatoms. The first-order valence-corrected chi connectivity index (χ1v) is 6.99. The van der Waals surface area contributed by atoms with Crippen LogP contribution in [0.25, 0.3) is 0 Å². The third kappa shape index (κ3) is 2.99. The van der Waals surface area contributed by atoms with Crippen LogP contribution in [0.3, 0.4) is 0 Å². The van der Waals surface area contributed by atoms with Crippen molar-refractivity contribution in [2.45, 2.75) is 6.92 Å². The molecule has 20 heavy (non-hydrogen) atoms. The lowest BCUT2D eigenvalue weighted by atomic mass is 10.1. The third-order valence-electron chi connectivity index (χ3n) is 2.99. The summed E-state index contributed by atoms with van der Waals surface area (Å²) in [6.07, 6.45) is 0. The Morgan fingerprint density at radius 1 is 1.25 bits per heavy atom. The molecule has 0 heterocycles. The molecule has 3 N–H and O–H groups in total. The predicted octanol–water partition coefficient (Wildman–Crippen LogP) is 4.03. The molecule has 0 atom stereocenters. The first-order chi connectivity index (χ1) is 9.52. The second-order valence-electron chi connectivity index (χ2n) is 4.30. The fraction of sp³-hybridized carbons (Fsp3) is 0.133. The van der Waals surface area contributed by atoms with Gasteiger partial charge in [-0.3, -0.25) is 5.41 Å². The standard InChI is InChI=1S/C15H15BrFN3/c1-2-20(11-5-3-4-10(17)8-11)12-6-7-13(15(18)19)14(16)9-12/h3-9H,2H2,1H3,(H3,18,19). The van der Waals surface area contributed by atoms with Crippen LogP contribution in [0.2, 0.25) is 0 Å². The van der Waals surface area contributed by atoms with Gasteiger partial charge in [0.15, 0.2) is 0 Å². The van der Waals surface area contributed by atoms with Crippen LogP contribution < -0.4 is 10.6 Å². The third-order valence-corrected chi connectivity index (χ3v) is 3.65. The lowest BCUT2D eigenvalue weighted by Gasteiger charge is -2.24. The van der Waals surface area contributed by atoms with E-state index in [1.807, 2.05) is 30.0 Å². The van der Waals surface area contributed by atoms with Crippen LogP contribution in [-0.2, 0) is 0 Å². The van der Waals surface area contributed by atoms with Gasteiger partial charge in [0.05, 0.1) is 0 Å². The van der Waals surface area contributed by atoms with Crippen molar-refractivity contribution in [3.63, 3.8) is 0 Å². The summed E-state index contributed by atoms with van der Waals surface area (Å²) < 4.78 is 14.1. The van der Waals surface area contributed by atoms with Gasteiger partial charge in [-0.25, -0.2) is 4.39 Å². The molecule has 2 aromatic rings. The molecule has 0 saturated carbocycles. The Morgan fingerprint density at radius 2 is 1.95 bits per heavy atom. The molecule has 2 rings (SSSR count). The molecule has 104 valence electrons. The number of amidine groups is 1. The average molecular weight is 336 g/mol. The maximum Gasteiger partial charge on any atom is 0.125 e. The number of nitrogens with zero attached hydrogens (tertiary/aromatic N) is 1. The topological polar surface area (TPSA) is 53.1 Å². The molecular formula is C15H15BrFN3. The number of nitrogens with one attached hydrogen (secondary N) is 1. The van der Waals surface area contributed by atoms with Crippen molar-refractivity contribution in [2.24, 2.45) is 5.73 Å². The highest BCUT2D eigenvalue weighted by Gasteiger charge is 2.11. The van der Waals surface area contributed by atoms with Gasteiger partial charge in [-0.2, -0.15) is 0 Å². The van der Waals surface area contributed by atoms with Crippen molar-refractivity contribution >= 4 is 33.1 Å². The van der Waals surface area contributed by atoms with Crippen molar-refractivity contribution in [3.8, 4) is 0 Å². The molecule has 0 aliphatic heterocycles. The van der Waals surface area contributed by atoms with E-state index >= 15 is 0 Å². The summed E-state index contributed by atoms with van der Waals surface area (Å²) in [6.45, 7) is 2.70. The molecule has 0 spiro atoms. The van der Waals surface area contributed by atoms with E-state index in [0.717, 1.165) is 15.8 Å². The number of halogens is 2. The molecule has 2 aromatic carbocycles. The number of nitrogen functional groups attached to an aromatic ring is 1. The zero-order valence-electron chi connectivity index (χ0n) is 11.0. The van der Waals surface area contributed by atoms with Crippen molar-refractivity contribution in [1.82, 2.24) is 0 Å². The fourth-order valence-electron chi connectivity index (χ4n) is 2.05. The Balaban J connectivity index is 2.42. The summed E-state index contributed by atoms with van der Waals surface area (Å²) in [5.74, 6) is -0.252. The van der Waals surface area contributed by atoms with Gasteiger partial charge >= 0.3 is 0 Å². The quantitative estimate of drug-likeness (QED) is 0.654. The maximum atomic E-state index is 13.3. The highest BCUT2D eigenvalue weighted by Crippen LogP contribution is 2.29. The summed E-state index contributed by atoms with van der Waals surface area (Å²) in [5, 5.41) is 7.48. The van der Waals surface area contributed by atoms with Crippen molar-refractivity contribution in [2.75, 3.05) is 11.4 Å². The lowest BCUT2D eigenvalue weighted by Crippen LogP contribution is -2.17. The van der Waals surface area contributed by atoms with Gasteiger partial charge < -0.3 is 10.6 Å². The van der Waals surface area contributed by atoms with Crippen LogP contribution in [0.4, 0.5) is 15.8 Å². The van der Waals surface area contributed by atoms with Gasteiger partial charge in [0, 0.05) is 28.0 Å². The van der Waals surface area contributed by atoms with Crippen LogP contribution in [-0.4, -0.2) is 12.4 Å². The van der Waals surface area contributed by atoms with Crippen LogP contribution in [0, 0.1) is 11.2 Å². The molecule has 0 unspecified atom stereocenters. The van der Waals surface area contributed by atoms with E-state index in [2.05, 4.69) is 15.9 Å². The summed E-state index contributed by atoms with van der Waals surface area (Å²) in [5.41, 5.74) is 7.84. The Labute approximate surface area is 125 Å². The monoisotopic (exact) mass is 335 g/mol. The van der Waals surface area contributed by atoms with E-state index in [-0.39, 0.29) is 11.7 Å². The molecule has 0 aliphatic carbocycles. The van der Waals surface area contributed by atoms with Crippen molar-refractivity contribution < 1.29 is 4.39 Å². The molecule has 0 aliphatic rings. The van der Waals surface area contributed by atoms with Gasteiger partial charge in [-0.05, 0) is 59.3 Å². The van der Waals surface area contributed by atoms with Crippen LogP contribution in [0.1, 0.15) is 12.5 Å². The number of hydrogen-bond acceptors (Lipinski definition) is 2. The minimum atomic E-state index is -0.264. The molecule has 0 bridgehead atoms. The van der Waals surface area contributed by atoms with E-state index in [0.29, 0.717) is 12.1 Å². The summed E-state index contributed by atoms with van der Waals surface area (Å²) in [4.78, 5) is 1.98. The van der Waals surface area contributed by atoms with Crippen molar-refractivity contribution in [3.05, 3.63) is 58.3 Å². The summed E-state index contributed by atoms with van der Waals surface area (Å²) in [6, 6.07) is 12.0. The van der Waals surface area contributed by atoms with E-state index in [4.69, 9.17) is 11.1 Å². The molecular weight excluding hydrogens is 321 g/mol. The Kier molecular flexibility index (Phi) is 4.39. The van der Waals surface area contributed by atoms with Crippen LogP contribution >= 0.6 is 15.9 Å². The molecule has 0 aromatic heterocycles. The molecule has 0 fully saturated rings. The van der Waals surface area contributed by atoms with Crippen LogP contribution in [0.15, 0.2) is 46.9 Å². The molecule has 0 radical (unpaired) electrons. The molecule has 0 amide bonds. The smallest absolute Gasteiger partial charge is 0.125 e. The fourth-order valence-corrected chi connectivity index (χ4v) is 2.63.